The summed E-state index contributed by atoms with van der Waals surface area (Å²) in [7, 11) is 2.02. The molecule has 0 saturated carbocycles. The van der Waals surface area contributed by atoms with Gasteiger partial charge in [-0.15, -0.1) is 0 Å². The Morgan fingerprint density at radius 1 is 1.43 bits per heavy atom. The molecule has 1 unspecified atom stereocenters. The van der Waals surface area contributed by atoms with Gasteiger partial charge in [0.2, 0.25) is 0 Å². The highest BCUT2D eigenvalue weighted by atomic mass is 16.5. The number of fused-ring (bicyclic) bond motifs is 1. The summed E-state index contributed by atoms with van der Waals surface area (Å²) in [5.74, 6) is 1.05. The first-order valence-corrected chi connectivity index (χ1v) is 5.22. The van der Waals surface area contributed by atoms with Crippen molar-refractivity contribution in [2.24, 2.45) is 0 Å². The van der Waals surface area contributed by atoms with Crippen LogP contribution >= 0.6 is 0 Å². The van der Waals surface area contributed by atoms with Crippen LogP contribution in [0.2, 0.25) is 0 Å². The summed E-state index contributed by atoms with van der Waals surface area (Å²) >= 11 is 0. The lowest BCUT2D eigenvalue weighted by Crippen LogP contribution is -2.15. The number of hydrogen-bond donors (Lipinski definition) is 1. The average molecular weight is 191 g/mol. The highest BCUT2D eigenvalue weighted by Gasteiger charge is 2.17. The Kier molecular flexibility index (Phi) is 2.73. The molecule has 1 atom stereocenters. The van der Waals surface area contributed by atoms with Gasteiger partial charge in [-0.2, -0.15) is 0 Å². The van der Waals surface area contributed by atoms with E-state index in [1.165, 1.54) is 11.1 Å². The van der Waals surface area contributed by atoms with E-state index in [1.54, 1.807) is 0 Å². The molecule has 2 rings (SSSR count). The fourth-order valence-corrected chi connectivity index (χ4v) is 2.00. The van der Waals surface area contributed by atoms with Crippen molar-refractivity contribution in [3.8, 4) is 5.75 Å². The summed E-state index contributed by atoms with van der Waals surface area (Å²) < 4.78 is 5.70. The van der Waals surface area contributed by atoms with Crippen LogP contribution in [0.1, 0.15) is 30.0 Å². The van der Waals surface area contributed by atoms with E-state index in [0.717, 1.165) is 25.2 Å². The molecular formula is C12H17NO. The molecule has 0 aliphatic carbocycles. The van der Waals surface area contributed by atoms with Crippen molar-refractivity contribution in [3.63, 3.8) is 0 Å². The highest BCUT2D eigenvalue weighted by molar-refractivity contribution is 5.39. The first-order chi connectivity index (χ1) is 6.81. The molecule has 1 N–H and O–H groups in total. The average Bonchev–Trinajstić information content (AvgIpc) is 2.39. The number of ether oxygens (including phenoxy) is 1. The SMILES string of the molecule is CNC1CCCOc2ccc(C)cc21. The van der Waals surface area contributed by atoms with E-state index >= 15 is 0 Å². The van der Waals surface area contributed by atoms with E-state index in [4.69, 9.17) is 4.74 Å². The molecule has 0 spiro atoms. The van der Waals surface area contributed by atoms with Crippen LogP contribution in [0.25, 0.3) is 0 Å². The zero-order chi connectivity index (χ0) is 9.97. The van der Waals surface area contributed by atoms with E-state index < -0.39 is 0 Å². The molecule has 1 aliphatic heterocycles. The molecule has 1 aromatic rings. The Labute approximate surface area is 85.3 Å². The first-order valence-electron chi connectivity index (χ1n) is 5.22. The molecule has 0 fully saturated rings. The van der Waals surface area contributed by atoms with Crippen LogP contribution in [0.5, 0.6) is 5.75 Å². The lowest BCUT2D eigenvalue weighted by atomic mass is 10.0. The third kappa shape index (κ3) is 1.75. The standard InChI is InChI=1S/C12H17NO/c1-9-5-6-12-10(8-9)11(13-2)4-3-7-14-12/h5-6,8,11,13H,3-4,7H2,1-2H3. The second kappa shape index (κ2) is 4.01. The van der Waals surface area contributed by atoms with Crippen LogP contribution in [-0.4, -0.2) is 13.7 Å². The molecule has 2 heteroatoms. The molecule has 0 aromatic heterocycles. The maximum Gasteiger partial charge on any atom is 0.124 e. The second-order valence-corrected chi connectivity index (χ2v) is 3.87. The minimum atomic E-state index is 0.451. The summed E-state index contributed by atoms with van der Waals surface area (Å²) in [6.45, 7) is 2.96. The van der Waals surface area contributed by atoms with Crippen LogP contribution in [0, 0.1) is 6.92 Å². The zero-order valence-corrected chi connectivity index (χ0v) is 8.84. The van der Waals surface area contributed by atoms with Crippen molar-refractivity contribution in [1.29, 1.82) is 0 Å². The van der Waals surface area contributed by atoms with E-state index in [2.05, 4.69) is 30.4 Å². The predicted molar refractivity (Wildman–Crippen MR) is 57.7 cm³/mol. The summed E-state index contributed by atoms with van der Waals surface area (Å²) in [4.78, 5) is 0. The molecule has 0 saturated heterocycles. The largest absolute Gasteiger partial charge is 0.493 e. The number of hydrogen-bond acceptors (Lipinski definition) is 2. The number of aryl methyl sites for hydroxylation is 1. The van der Waals surface area contributed by atoms with Crippen LogP contribution in [-0.2, 0) is 0 Å². The Hall–Kier alpha value is -1.02. The Morgan fingerprint density at radius 2 is 2.29 bits per heavy atom. The fourth-order valence-electron chi connectivity index (χ4n) is 2.00. The summed E-state index contributed by atoms with van der Waals surface area (Å²) in [5, 5.41) is 3.35. The lowest BCUT2D eigenvalue weighted by Gasteiger charge is -2.16. The van der Waals surface area contributed by atoms with Crippen LogP contribution < -0.4 is 10.1 Å². The molecular weight excluding hydrogens is 174 g/mol. The van der Waals surface area contributed by atoms with E-state index in [9.17, 15) is 0 Å². The first kappa shape index (κ1) is 9.53. The quantitative estimate of drug-likeness (QED) is 0.736. The Morgan fingerprint density at radius 3 is 3.07 bits per heavy atom. The predicted octanol–water partition coefficient (Wildman–Crippen LogP) is 2.43. The molecule has 0 bridgehead atoms. The monoisotopic (exact) mass is 191 g/mol. The summed E-state index contributed by atoms with van der Waals surface area (Å²) in [6.07, 6.45) is 2.28. The van der Waals surface area contributed by atoms with Gasteiger partial charge in [0.15, 0.2) is 0 Å². The fraction of sp³-hybridized carbons (Fsp3) is 0.500. The second-order valence-electron chi connectivity index (χ2n) is 3.87. The van der Waals surface area contributed by atoms with Gasteiger partial charge < -0.3 is 10.1 Å². The Balaban J connectivity index is 2.40. The van der Waals surface area contributed by atoms with Gasteiger partial charge in [0, 0.05) is 11.6 Å². The topological polar surface area (TPSA) is 21.3 Å². The van der Waals surface area contributed by atoms with Gasteiger partial charge in [-0.3, -0.25) is 0 Å². The molecule has 1 heterocycles. The van der Waals surface area contributed by atoms with E-state index in [1.807, 2.05) is 7.05 Å². The van der Waals surface area contributed by atoms with Crippen molar-refractivity contribution in [1.82, 2.24) is 5.32 Å². The van der Waals surface area contributed by atoms with Gasteiger partial charge in [0.05, 0.1) is 6.61 Å². The lowest BCUT2D eigenvalue weighted by molar-refractivity contribution is 0.315. The van der Waals surface area contributed by atoms with Crippen molar-refractivity contribution < 1.29 is 4.74 Å². The smallest absolute Gasteiger partial charge is 0.124 e. The molecule has 0 radical (unpaired) electrons. The van der Waals surface area contributed by atoms with Crippen molar-refractivity contribution in [3.05, 3.63) is 29.3 Å². The third-order valence-corrected chi connectivity index (χ3v) is 2.78. The summed E-state index contributed by atoms with van der Waals surface area (Å²) in [5.41, 5.74) is 2.61. The van der Waals surface area contributed by atoms with Gasteiger partial charge in [0.25, 0.3) is 0 Å². The molecule has 76 valence electrons. The van der Waals surface area contributed by atoms with Crippen molar-refractivity contribution >= 4 is 0 Å². The maximum absolute atomic E-state index is 5.70. The minimum Gasteiger partial charge on any atom is -0.493 e. The van der Waals surface area contributed by atoms with Crippen LogP contribution in [0.15, 0.2) is 18.2 Å². The number of nitrogens with one attached hydrogen (secondary N) is 1. The summed E-state index contributed by atoms with van der Waals surface area (Å²) in [6, 6.07) is 6.87. The van der Waals surface area contributed by atoms with Gasteiger partial charge >= 0.3 is 0 Å². The minimum absolute atomic E-state index is 0.451. The van der Waals surface area contributed by atoms with Gasteiger partial charge in [0.1, 0.15) is 5.75 Å². The van der Waals surface area contributed by atoms with Crippen molar-refractivity contribution in [2.75, 3.05) is 13.7 Å². The molecule has 14 heavy (non-hydrogen) atoms. The highest BCUT2D eigenvalue weighted by Crippen LogP contribution is 2.31. The maximum atomic E-state index is 5.70. The molecule has 1 aliphatic rings. The Bertz CT molecular complexity index is 322. The third-order valence-electron chi connectivity index (χ3n) is 2.78. The zero-order valence-electron chi connectivity index (χ0n) is 8.84. The van der Waals surface area contributed by atoms with Crippen LogP contribution in [0.4, 0.5) is 0 Å². The van der Waals surface area contributed by atoms with Crippen LogP contribution in [0.3, 0.4) is 0 Å². The molecule has 2 nitrogen and oxygen atoms in total. The molecule has 1 aromatic carbocycles. The normalized spacial score (nSPS) is 20.9. The van der Waals surface area contributed by atoms with E-state index in [-0.39, 0.29) is 0 Å². The molecule has 0 amide bonds. The van der Waals surface area contributed by atoms with Crippen molar-refractivity contribution in [2.45, 2.75) is 25.8 Å². The number of benzene rings is 1. The van der Waals surface area contributed by atoms with Gasteiger partial charge in [-0.05, 0) is 32.9 Å². The number of rotatable bonds is 1. The van der Waals surface area contributed by atoms with Gasteiger partial charge in [-0.25, -0.2) is 0 Å². The van der Waals surface area contributed by atoms with E-state index in [0.29, 0.717) is 6.04 Å². The van der Waals surface area contributed by atoms with Gasteiger partial charge in [-0.1, -0.05) is 17.7 Å².